The molecule has 0 amide bonds. The third kappa shape index (κ3) is 4.08. The molecule has 1 aromatic heterocycles. The highest BCUT2D eigenvalue weighted by atomic mass is 79.9. The molecule has 2 N–H and O–H groups in total. The Bertz CT molecular complexity index is 352. The zero-order chi connectivity index (χ0) is 12.8. The van der Waals surface area contributed by atoms with Crippen molar-refractivity contribution in [2.45, 2.75) is 46.2 Å². The molecule has 17 heavy (non-hydrogen) atoms. The van der Waals surface area contributed by atoms with Crippen LogP contribution in [0.15, 0.2) is 4.47 Å². The van der Waals surface area contributed by atoms with Gasteiger partial charge in [-0.05, 0) is 43.1 Å². The fourth-order valence-corrected chi connectivity index (χ4v) is 2.24. The molecule has 0 radical (unpaired) electrons. The summed E-state index contributed by atoms with van der Waals surface area (Å²) in [6, 6.07) is 0.124. The fraction of sp³-hybridized carbons (Fsp3) is 0.750. The van der Waals surface area contributed by atoms with E-state index in [1.54, 1.807) is 0 Å². The molecule has 0 aromatic carbocycles. The van der Waals surface area contributed by atoms with Gasteiger partial charge in [0.25, 0.3) is 0 Å². The first kappa shape index (κ1) is 14.7. The number of hydrogen-bond donors (Lipinski definition) is 1. The molecule has 0 saturated carbocycles. The Labute approximate surface area is 112 Å². The van der Waals surface area contributed by atoms with Crippen LogP contribution >= 0.6 is 15.9 Å². The molecule has 1 aromatic rings. The highest BCUT2D eigenvalue weighted by Gasteiger charge is 2.15. The second-order valence-electron chi connectivity index (χ2n) is 4.11. The van der Waals surface area contributed by atoms with Crippen molar-refractivity contribution in [2.24, 2.45) is 5.73 Å². The largest absolute Gasteiger partial charge is 0.382 e. The first-order valence-electron chi connectivity index (χ1n) is 6.15. The smallest absolute Gasteiger partial charge is 0.0738 e. The van der Waals surface area contributed by atoms with Crippen LogP contribution in [0.25, 0.3) is 0 Å². The molecule has 1 rings (SSSR count). The summed E-state index contributed by atoms with van der Waals surface area (Å²) in [5.74, 6) is 0. The molecule has 0 aliphatic carbocycles. The van der Waals surface area contributed by atoms with Crippen molar-refractivity contribution in [2.75, 3.05) is 13.2 Å². The Morgan fingerprint density at radius 2 is 2.18 bits per heavy atom. The van der Waals surface area contributed by atoms with Crippen LogP contribution in [0.2, 0.25) is 0 Å². The Hall–Kier alpha value is -0.390. The number of ether oxygens (including phenoxy) is 1. The first-order valence-corrected chi connectivity index (χ1v) is 6.94. The molecule has 5 heteroatoms. The summed E-state index contributed by atoms with van der Waals surface area (Å²) in [5, 5.41) is 4.46. The molecule has 0 aliphatic heterocycles. The summed E-state index contributed by atoms with van der Waals surface area (Å²) in [4.78, 5) is 0. The lowest BCUT2D eigenvalue weighted by Gasteiger charge is -2.13. The lowest BCUT2D eigenvalue weighted by molar-refractivity contribution is 0.139. The van der Waals surface area contributed by atoms with Crippen LogP contribution in [0.1, 0.15) is 31.7 Å². The zero-order valence-electron chi connectivity index (χ0n) is 10.9. The zero-order valence-corrected chi connectivity index (χ0v) is 12.5. The molecule has 0 fully saturated rings. The highest BCUT2D eigenvalue weighted by molar-refractivity contribution is 9.10. The third-order valence-electron chi connectivity index (χ3n) is 2.75. The number of halogens is 1. The van der Waals surface area contributed by atoms with Gasteiger partial charge in [0.1, 0.15) is 0 Å². The van der Waals surface area contributed by atoms with Gasteiger partial charge in [-0.2, -0.15) is 5.10 Å². The molecule has 0 spiro atoms. The minimum absolute atomic E-state index is 0.124. The quantitative estimate of drug-likeness (QED) is 0.786. The van der Waals surface area contributed by atoms with Gasteiger partial charge >= 0.3 is 0 Å². The molecule has 98 valence electrons. The number of nitrogens with zero attached hydrogens (tertiary/aromatic N) is 2. The fourth-order valence-electron chi connectivity index (χ4n) is 1.79. The van der Waals surface area contributed by atoms with E-state index in [1.807, 2.05) is 18.5 Å². The lowest BCUT2D eigenvalue weighted by atomic mass is 10.1. The van der Waals surface area contributed by atoms with E-state index in [2.05, 4.69) is 28.0 Å². The van der Waals surface area contributed by atoms with Crippen LogP contribution in [0.3, 0.4) is 0 Å². The summed E-state index contributed by atoms with van der Waals surface area (Å²) < 4.78 is 8.42. The van der Waals surface area contributed by atoms with Crippen LogP contribution in [-0.4, -0.2) is 29.0 Å². The molecule has 1 heterocycles. The first-order chi connectivity index (χ1) is 8.10. The van der Waals surface area contributed by atoms with Crippen LogP contribution in [0.4, 0.5) is 0 Å². The summed E-state index contributed by atoms with van der Waals surface area (Å²) >= 11 is 3.58. The summed E-state index contributed by atoms with van der Waals surface area (Å²) in [6.07, 6.45) is 1.72. The number of nitrogens with two attached hydrogens (primary N) is 1. The van der Waals surface area contributed by atoms with Crippen molar-refractivity contribution < 1.29 is 4.74 Å². The summed E-state index contributed by atoms with van der Waals surface area (Å²) in [6.45, 7) is 8.45. The van der Waals surface area contributed by atoms with Gasteiger partial charge in [0.2, 0.25) is 0 Å². The number of aromatic nitrogens is 2. The summed E-state index contributed by atoms with van der Waals surface area (Å²) in [7, 11) is 0. The van der Waals surface area contributed by atoms with Gasteiger partial charge < -0.3 is 10.5 Å². The van der Waals surface area contributed by atoms with Gasteiger partial charge in [0, 0.05) is 32.2 Å². The molecule has 1 unspecified atom stereocenters. The average molecular weight is 304 g/mol. The van der Waals surface area contributed by atoms with Crippen molar-refractivity contribution in [3.05, 3.63) is 15.9 Å². The maximum atomic E-state index is 6.11. The monoisotopic (exact) mass is 303 g/mol. The Balaban J connectivity index is 2.60. The van der Waals surface area contributed by atoms with Crippen molar-refractivity contribution in [1.82, 2.24) is 9.78 Å². The summed E-state index contributed by atoms with van der Waals surface area (Å²) in [5.41, 5.74) is 8.32. The topological polar surface area (TPSA) is 53.1 Å². The standard InChI is InChI=1S/C12H22BrN3O/c1-4-16-11(12(13)9(3)15-16)8-10(14)6-7-17-5-2/h10H,4-8,14H2,1-3H3. The minimum atomic E-state index is 0.124. The molecule has 0 aliphatic rings. The molecule has 0 bridgehead atoms. The minimum Gasteiger partial charge on any atom is -0.382 e. The Morgan fingerprint density at radius 3 is 2.76 bits per heavy atom. The number of rotatable bonds is 7. The predicted molar refractivity (Wildman–Crippen MR) is 73.1 cm³/mol. The van der Waals surface area contributed by atoms with Gasteiger partial charge in [-0.3, -0.25) is 4.68 Å². The van der Waals surface area contributed by atoms with Crippen molar-refractivity contribution in [3.63, 3.8) is 0 Å². The number of aryl methyl sites for hydroxylation is 2. The maximum absolute atomic E-state index is 6.11. The van der Waals surface area contributed by atoms with Crippen LogP contribution < -0.4 is 5.73 Å². The van der Waals surface area contributed by atoms with E-state index in [0.29, 0.717) is 0 Å². The van der Waals surface area contributed by atoms with E-state index < -0.39 is 0 Å². The second-order valence-corrected chi connectivity index (χ2v) is 4.90. The molecular formula is C12H22BrN3O. The Kier molecular flexibility index (Phi) is 6.16. The molecule has 0 saturated heterocycles. The molecule has 1 atom stereocenters. The highest BCUT2D eigenvalue weighted by Crippen LogP contribution is 2.22. The van der Waals surface area contributed by atoms with Gasteiger partial charge in [-0.25, -0.2) is 0 Å². The third-order valence-corrected chi connectivity index (χ3v) is 3.78. The lowest BCUT2D eigenvalue weighted by Crippen LogP contribution is -2.26. The maximum Gasteiger partial charge on any atom is 0.0738 e. The average Bonchev–Trinajstić information content (AvgIpc) is 2.57. The van der Waals surface area contributed by atoms with E-state index in [-0.39, 0.29) is 6.04 Å². The normalized spacial score (nSPS) is 13.0. The van der Waals surface area contributed by atoms with E-state index in [0.717, 1.165) is 42.8 Å². The van der Waals surface area contributed by atoms with E-state index in [4.69, 9.17) is 10.5 Å². The predicted octanol–water partition coefficient (Wildman–Crippen LogP) is 2.27. The molecular weight excluding hydrogens is 282 g/mol. The van der Waals surface area contributed by atoms with Crippen LogP contribution in [-0.2, 0) is 17.7 Å². The van der Waals surface area contributed by atoms with Gasteiger partial charge in [0.05, 0.1) is 15.9 Å². The van der Waals surface area contributed by atoms with Crippen LogP contribution in [0.5, 0.6) is 0 Å². The second kappa shape index (κ2) is 7.13. The van der Waals surface area contributed by atoms with Crippen molar-refractivity contribution in [1.29, 1.82) is 0 Å². The van der Waals surface area contributed by atoms with Crippen molar-refractivity contribution in [3.8, 4) is 0 Å². The van der Waals surface area contributed by atoms with Crippen molar-refractivity contribution >= 4 is 15.9 Å². The van der Waals surface area contributed by atoms with E-state index in [1.165, 1.54) is 5.69 Å². The number of hydrogen-bond acceptors (Lipinski definition) is 3. The molecule has 4 nitrogen and oxygen atoms in total. The van der Waals surface area contributed by atoms with Gasteiger partial charge in [-0.1, -0.05) is 0 Å². The van der Waals surface area contributed by atoms with Gasteiger partial charge in [-0.15, -0.1) is 0 Å². The van der Waals surface area contributed by atoms with E-state index in [9.17, 15) is 0 Å². The van der Waals surface area contributed by atoms with Gasteiger partial charge in [0.15, 0.2) is 0 Å². The Morgan fingerprint density at radius 1 is 1.47 bits per heavy atom. The van der Waals surface area contributed by atoms with Crippen LogP contribution in [0, 0.1) is 6.92 Å². The van der Waals surface area contributed by atoms with E-state index >= 15 is 0 Å². The SMILES string of the molecule is CCOCCC(N)Cc1c(Br)c(C)nn1CC.